The summed E-state index contributed by atoms with van der Waals surface area (Å²) in [4.78, 5) is 11.5. The molecular weight excluding hydrogens is 373 g/mol. The Bertz CT molecular complexity index is 870. The van der Waals surface area contributed by atoms with Crippen molar-refractivity contribution in [2.24, 2.45) is 5.92 Å². The van der Waals surface area contributed by atoms with Gasteiger partial charge in [0, 0.05) is 6.04 Å². The summed E-state index contributed by atoms with van der Waals surface area (Å²) in [5.74, 6) is -1.15. The molecule has 0 aromatic heterocycles. The summed E-state index contributed by atoms with van der Waals surface area (Å²) in [6.45, 7) is 0.366. The molecule has 3 N–H and O–H groups in total. The fraction of sp³-hybridized carbons (Fsp3) is 0.611. The topological polar surface area (TPSA) is 98.7 Å². The lowest BCUT2D eigenvalue weighted by Gasteiger charge is -2.30. The van der Waals surface area contributed by atoms with Gasteiger partial charge in [0.05, 0.1) is 0 Å². The molecule has 27 heavy (non-hydrogen) atoms. The van der Waals surface area contributed by atoms with Crippen LogP contribution in [-0.4, -0.2) is 38.6 Å². The molecule has 1 amide bonds. The minimum atomic E-state index is -4.18. The standard InChI is InChI=1S/C18H24FN3O4S/c19-17-14-9-13(20-7-6-11-2-1-3-11)5-4-12(14)8-15(23)18(17)22-10-16(24)21-27(22,25)26/h8,11,13,20,23H,1-7,9-10H2,(H,21,24). The van der Waals surface area contributed by atoms with Crippen LogP contribution in [0.4, 0.5) is 10.1 Å². The molecule has 1 aromatic carbocycles. The van der Waals surface area contributed by atoms with Gasteiger partial charge in [0.15, 0.2) is 5.82 Å². The number of carbonyl (C=O) groups is 1. The zero-order chi connectivity index (χ0) is 19.2. The maximum absolute atomic E-state index is 15.2. The number of aryl methyl sites for hydroxylation is 1. The van der Waals surface area contributed by atoms with Crippen molar-refractivity contribution in [3.05, 3.63) is 23.0 Å². The number of halogens is 1. The van der Waals surface area contributed by atoms with Gasteiger partial charge in [-0.3, -0.25) is 4.79 Å². The summed E-state index contributed by atoms with van der Waals surface area (Å²) in [6.07, 6.45) is 6.94. The number of phenols is 1. The number of phenolic OH excluding ortho intramolecular Hbond substituents is 1. The van der Waals surface area contributed by atoms with Gasteiger partial charge >= 0.3 is 10.2 Å². The van der Waals surface area contributed by atoms with E-state index in [-0.39, 0.29) is 6.04 Å². The summed E-state index contributed by atoms with van der Waals surface area (Å²) in [6, 6.07) is 1.55. The van der Waals surface area contributed by atoms with E-state index in [2.05, 4.69) is 5.32 Å². The van der Waals surface area contributed by atoms with Crippen LogP contribution in [0.5, 0.6) is 5.75 Å². The first-order chi connectivity index (χ1) is 12.8. The van der Waals surface area contributed by atoms with Crippen molar-refractivity contribution in [1.82, 2.24) is 10.0 Å². The highest BCUT2D eigenvalue weighted by Crippen LogP contribution is 2.39. The fourth-order valence-corrected chi connectivity index (χ4v) is 5.33. The number of nitrogens with zero attached hydrogens (tertiary/aromatic N) is 1. The zero-order valence-electron chi connectivity index (χ0n) is 15.0. The molecule has 2 fully saturated rings. The van der Waals surface area contributed by atoms with Crippen LogP contribution in [0.25, 0.3) is 0 Å². The first-order valence-corrected chi connectivity index (χ1v) is 10.9. The van der Waals surface area contributed by atoms with Crippen LogP contribution < -0.4 is 14.3 Å². The monoisotopic (exact) mass is 397 g/mol. The average Bonchev–Trinajstić information content (AvgIpc) is 2.82. The summed E-state index contributed by atoms with van der Waals surface area (Å²) in [5.41, 5.74) is 0.675. The summed E-state index contributed by atoms with van der Waals surface area (Å²) in [7, 11) is -4.18. The van der Waals surface area contributed by atoms with Gasteiger partial charge in [-0.2, -0.15) is 8.42 Å². The van der Waals surface area contributed by atoms with Gasteiger partial charge < -0.3 is 10.4 Å². The molecule has 1 saturated heterocycles. The molecule has 1 aromatic rings. The zero-order valence-corrected chi connectivity index (χ0v) is 15.8. The fourth-order valence-electron chi connectivity index (χ4n) is 4.17. The van der Waals surface area contributed by atoms with Gasteiger partial charge in [0.25, 0.3) is 5.91 Å². The van der Waals surface area contributed by atoms with Gasteiger partial charge in [-0.05, 0) is 55.3 Å². The van der Waals surface area contributed by atoms with Crippen LogP contribution in [0, 0.1) is 11.7 Å². The molecule has 1 atom stereocenters. The Kier molecular flexibility index (Phi) is 4.75. The normalized spacial score (nSPS) is 24.4. The van der Waals surface area contributed by atoms with Crippen molar-refractivity contribution in [3.8, 4) is 5.75 Å². The number of nitrogens with one attached hydrogen (secondary N) is 2. The molecule has 1 saturated carbocycles. The summed E-state index contributed by atoms with van der Waals surface area (Å²) < 4.78 is 41.7. The lowest BCUT2D eigenvalue weighted by molar-refractivity contribution is -0.117. The molecule has 0 bridgehead atoms. The Morgan fingerprint density at radius 1 is 1.33 bits per heavy atom. The Morgan fingerprint density at radius 2 is 2.11 bits per heavy atom. The highest BCUT2D eigenvalue weighted by atomic mass is 32.2. The van der Waals surface area contributed by atoms with Crippen molar-refractivity contribution >= 4 is 21.8 Å². The van der Waals surface area contributed by atoms with E-state index < -0.39 is 39.9 Å². The molecule has 1 unspecified atom stereocenters. The van der Waals surface area contributed by atoms with Gasteiger partial charge in [0.2, 0.25) is 0 Å². The second-order valence-corrected chi connectivity index (χ2v) is 9.31. The number of benzene rings is 1. The van der Waals surface area contributed by atoms with Crippen LogP contribution in [0.2, 0.25) is 0 Å². The molecule has 3 aliphatic rings. The van der Waals surface area contributed by atoms with Gasteiger partial charge in [-0.25, -0.2) is 13.4 Å². The molecule has 148 valence electrons. The summed E-state index contributed by atoms with van der Waals surface area (Å²) >= 11 is 0. The largest absolute Gasteiger partial charge is 0.506 e. The maximum Gasteiger partial charge on any atom is 0.326 e. The van der Waals surface area contributed by atoms with Crippen molar-refractivity contribution in [1.29, 1.82) is 0 Å². The Labute approximate surface area is 158 Å². The van der Waals surface area contributed by atoms with E-state index in [1.807, 2.05) is 0 Å². The van der Waals surface area contributed by atoms with Crippen molar-refractivity contribution in [2.75, 3.05) is 17.4 Å². The molecule has 4 rings (SSSR count). The predicted octanol–water partition coefficient (Wildman–Crippen LogP) is 1.35. The number of hydrogen-bond acceptors (Lipinski definition) is 5. The van der Waals surface area contributed by atoms with Gasteiger partial charge in [-0.15, -0.1) is 0 Å². The van der Waals surface area contributed by atoms with Crippen molar-refractivity contribution in [3.63, 3.8) is 0 Å². The number of hydrogen-bond donors (Lipinski definition) is 3. The van der Waals surface area contributed by atoms with E-state index in [0.29, 0.717) is 28.3 Å². The lowest BCUT2D eigenvalue weighted by Crippen LogP contribution is -2.37. The Morgan fingerprint density at radius 3 is 2.74 bits per heavy atom. The molecule has 1 heterocycles. The number of fused-ring (bicyclic) bond motifs is 1. The second kappa shape index (κ2) is 6.94. The summed E-state index contributed by atoms with van der Waals surface area (Å²) in [5, 5.41) is 13.7. The maximum atomic E-state index is 15.2. The Balaban J connectivity index is 1.54. The lowest BCUT2D eigenvalue weighted by atomic mass is 9.82. The molecule has 0 spiro atoms. The third-order valence-corrected chi connectivity index (χ3v) is 7.28. The quantitative estimate of drug-likeness (QED) is 0.697. The molecular formula is C18H24FN3O4S. The highest BCUT2D eigenvalue weighted by Gasteiger charge is 2.39. The van der Waals surface area contributed by atoms with E-state index >= 15 is 4.39 Å². The third-order valence-electron chi connectivity index (χ3n) is 5.91. The number of aromatic hydroxyl groups is 1. The Hall–Kier alpha value is -1.87. The van der Waals surface area contributed by atoms with E-state index in [1.165, 1.54) is 25.3 Å². The van der Waals surface area contributed by atoms with Crippen molar-refractivity contribution < 1.29 is 22.7 Å². The minimum absolute atomic E-state index is 0.124. The highest BCUT2D eigenvalue weighted by molar-refractivity contribution is 7.92. The minimum Gasteiger partial charge on any atom is -0.506 e. The molecule has 9 heteroatoms. The second-order valence-electron chi connectivity index (χ2n) is 7.71. The average molecular weight is 397 g/mol. The number of carbonyl (C=O) groups excluding carboxylic acids is 1. The first-order valence-electron chi connectivity index (χ1n) is 9.45. The number of amides is 1. The predicted molar refractivity (Wildman–Crippen MR) is 98.2 cm³/mol. The SMILES string of the molecule is O=C1CN(c2c(O)cc3c(c2F)CC(NCCC2CCC2)CC3)S(=O)(=O)N1. The van der Waals surface area contributed by atoms with E-state index in [9.17, 15) is 18.3 Å². The van der Waals surface area contributed by atoms with Crippen LogP contribution in [-0.2, 0) is 27.8 Å². The molecule has 1 aliphatic heterocycles. The van der Waals surface area contributed by atoms with E-state index in [0.717, 1.165) is 25.3 Å². The molecule has 2 aliphatic carbocycles. The molecule has 0 radical (unpaired) electrons. The van der Waals surface area contributed by atoms with Crippen LogP contribution in [0.3, 0.4) is 0 Å². The van der Waals surface area contributed by atoms with E-state index in [1.54, 1.807) is 4.72 Å². The number of anilines is 1. The van der Waals surface area contributed by atoms with Crippen LogP contribution in [0.1, 0.15) is 43.2 Å². The number of rotatable bonds is 5. The van der Waals surface area contributed by atoms with Gasteiger partial charge in [0.1, 0.15) is 18.0 Å². The van der Waals surface area contributed by atoms with Gasteiger partial charge in [-0.1, -0.05) is 19.3 Å². The first kappa shape index (κ1) is 18.5. The van der Waals surface area contributed by atoms with Crippen LogP contribution in [0.15, 0.2) is 6.07 Å². The smallest absolute Gasteiger partial charge is 0.326 e. The third kappa shape index (κ3) is 3.50. The van der Waals surface area contributed by atoms with Crippen molar-refractivity contribution in [2.45, 2.75) is 51.0 Å². The molecule has 7 nitrogen and oxygen atoms in total. The van der Waals surface area contributed by atoms with Crippen LogP contribution >= 0.6 is 0 Å². The van der Waals surface area contributed by atoms with E-state index in [4.69, 9.17) is 0 Å².